The fraction of sp³-hybridized carbons (Fsp3) is 0.409. The minimum atomic E-state index is -3.54. The third-order valence-electron chi connectivity index (χ3n) is 5.54. The molecule has 0 unspecified atom stereocenters. The highest BCUT2D eigenvalue weighted by atomic mass is 32.2. The van der Waals surface area contributed by atoms with Crippen molar-refractivity contribution in [1.82, 2.24) is 9.21 Å². The molecule has 3 rings (SSSR count). The average Bonchev–Trinajstić information content (AvgIpc) is 2.69. The summed E-state index contributed by atoms with van der Waals surface area (Å²) in [5, 5.41) is 0. The summed E-state index contributed by atoms with van der Waals surface area (Å²) in [5.41, 5.74) is 2.78. The molecule has 0 radical (unpaired) electrons. The molecule has 7 heteroatoms. The molecule has 1 aliphatic heterocycles. The van der Waals surface area contributed by atoms with E-state index in [-0.39, 0.29) is 11.9 Å². The Morgan fingerprint density at radius 3 is 2.21 bits per heavy atom. The highest BCUT2D eigenvalue weighted by molar-refractivity contribution is 7.89. The predicted octanol–water partition coefficient (Wildman–Crippen LogP) is 1.02. The molecule has 29 heavy (non-hydrogen) atoms. The molecule has 2 aromatic carbocycles. The third kappa shape index (κ3) is 4.52. The van der Waals surface area contributed by atoms with Crippen LogP contribution in [0.25, 0.3) is 0 Å². The lowest BCUT2D eigenvalue weighted by molar-refractivity contribution is -0.925. The number of amides is 1. The molecule has 0 spiro atoms. The minimum Gasteiger partial charge on any atom is -0.343 e. The van der Waals surface area contributed by atoms with E-state index in [9.17, 15) is 13.2 Å². The Bertz CT molecular complexity index is 966. The Kier molecular flexibility index (Phi) is 6.41. The van der Waals surface area contributed by atoms with E-state index in [1.165, 1.54) is 0 Å². The Morgan fingerprint density at radius 2 is 1.66 bits per heavy atom. The van der Waals surface area contributed by atoms with E-state index < -0.39 is 10.0 Å². The van der Waals surface area contributed by atoms with Gasteiger partial charge < -0.3 is 9.80 Å². The van der Waals surface area contributed by atoms with Gasteiger partial charge in [-0.05, 0) is 25.5 Å². The van der Waals surface area contributed by atoms with Crippen LogP contribution in [0.15, 0.2) is 53.4 Å². The number of carbonyl (C=O) groups excluding carboxylic acids is 1. The number of aryl methyl sites for hydroxylation is 2. The molecule has 0 aromatic heterocycles. The average molecular weight is 417 g/mol. The zero-order valence-corrected chi connectivity index (χ0v) is 18.4. The molecular formula is C22H30N3O3S+. The van der Waals surface area contributed by atoms with Crippen LogP contribution >= 0.6 is 0 Å². The summed E-state index contributed by atoms with van der Waals surface area (Å²) in [6.45, 7) is 5.76. The predicted molar refractivity (Wildman–Crippen MR) is 113 cm³/mol. The highest BCUT2D eigenvalue weighted by Crippen LogP contribution is 2.21. The molecule has 0 saturated carbocycles. The van der Waals surface area contributed by atoms with Crippen LogP contribution in [-0.4, -0.2) is 63.8 Å². The van der Waals surface area contributed by atoms with Gasteiger partial charge in [0.05, 0.1) is 31.1 Å². The van der Waals surface area contributed by atoms with Crippen molar-refractivity contribution in [3.8, 4) is 0 Å². The number of sulfonamides is 1. The van der Waals surface area contributed by atoms with Gasteiger partial charge in [0.2, 0.25) is 10.0 Å². The summed E-state index contributed by atoms with van der Waals surface area (Å²) in [6, 6.07) is 14.9. The molecule has 1 N–H and O–H groups in total. The van der Waals surface area contributed by atoms with Crippen LogP contribution in [0.4, 0.5) is 0 Å². The van der Waals surface area contributed by atoms with Gasteiger partial charge in [-0.15, -0.1) is 0 Å². The number of quaternary nitrogens is 1. The number of rotatable bonds is 5. The number of likely N-dealkylation sites (N-methyl/N-ethyl adjacent to an activating group) is 1. The number of hydrogen-bond donors (Lipinski definition) is 1. The summed E-state index contributed by atoms with van der Waals surface area (Å²) in [5.74, 6) is 0.0388. The van der Waals surface area contributed by atoms with Crippen molar-refractivity contribution >= 4 is 15.9 Å². The van der Waals surface area contributed by atoms with E-state index in [0.717, 1.165) is 21.6 Å². The minimum absolute atomic E-state index is 0.0388. The van der Waals surface area contributed by atoms with Crippen molar-refractivity contribution in [3.63, 3.8) is 0 Å². The summed E-state index contributed by atoms with van der Waals surface area (Å²) >= 11 is 0. The second kappa shape index (κ2) is 8.65. The van der Waals surface area contributed by atoms with Crippen molar-refractivity contribution in [1.29, 1.82) is 0 Å². The number of nitrogens with zero attached hydrogens (tertiary/aromatic N) is 2. The maximum absolute atomic E-state index is 13.1. The Labute approximate surface area is 173 Å². The van der Waals surface area contributed by atoms with Crippen molar-refractivity contribution in [2.24, 2.45) is 0 Å². The van der Waals surface area contributed by atoms with Crippen molar-refractivity contribution < 1.29 is 18.1 Å². The molecule has 0 bridgehead atoms. The van der Waals surface area contributed by atoms with E-state index >= 15 is 0 Å². The van der Waals surface area contributed by atoms with E-state index in [4.69, 9.17) is 0 Å². The monoisotopic (exact) mass is 416 g/mol. The van der Waals surface area contributed by atoms with Gasteiger partial charge in [0.25, 0.3) is 5.91 Å². The van der Waals surface area contributed by atoms with Crippen LogP contribution in [0, 0.1) is 13.8 Å². The zero-order valence-electron chi connectivity index (χ0n) is 17.6. The van der Waals surface area contributed by atoms with Gasteiger partial charge in [-0.2, -0.15) is 4.31 Å². The third-order valence-corrected chi connectivity index (χ3v) is 7.60. The van der Waals surface area contributed by atoms with Crippen molar-refractivity contribution in [2.45, 2.75) is 24.8 Å². The smallest absolute Gasteiger partial charge is 0.285 e. The molecular weight excluding hydrogens is 386 g/mol. The molecule has 1 heterocycles. The van der Waals surface area contributed by atoms with Gasteiger partial charge >= 0.3 is 0 Å². The first-order valence-electron chi connectivity index (χ1n) is 9.90. The maximum atomic E-state index is 13.1. The second-order valence-electron chi connectivity index (χ2n) is 7.91. The van der Waals surface area contributed by atoms with Gasteiger partial charge in [0.1, 0.15) is 0 Å². The summed E-state index contributed by atoms with van der Waals surface area (Å²) in [7, 11) is -0.0102. The molecule has 2 aromatic rings. The van der Waals surface area contributed by atoms with Gasteiger partial charge in [-0.3, -0.25) is 4.79 Å². The Morgan fingerprint density at radius 1 is 1.03 bits per heavy atom. The number of nitrogens with one attached hydrogen (secondary N) is 1. The zero-order chi connectivity index (χ0) is 21.2. The molecule has 156 valence electrons. The fourth-order valence-electron chi connectivity index (χ4n) is 3.99. The standard InChI is InChI=1S/C22H29N3O3S/c1-17-10-11-20(18(2)16-17)29(27,28)25-14-12-24(13-15-25)21(22(26)23(3)4)19-8-6-5-7-9-19/h5-11,16,21H,12-15H2,1-4H3/p+1/t21-/m0/s1. The van der Waals surface area contributed by atoms with E-state index in [1.807, 2.05) is 56.3 Å². The first-order chi connectivity index (χ1) is 13.7. The van der Waals surface area contributed by atoms with Gasteiger partial charge in [0.15, 0.2) is 6.04 Å². The van der Waals surface area contributed by atoms with Crippen LogP contribution in [0.2, 0.25) is 0 Å². The molecule has 1 amide bonds. The number of carbonyl (C=O) groups is 1. The van der Waals surface area contributed by atoms with Crippen LogP contribution in [0.1, 0.15) is 22.7 Å². The molecule has 1 fully saturated rings. The summed E-state index contributed by atoms with van der Waals surface area (Å²) in [6.07, 6.45) is 0. The SMILES string of the molecule is Cc1ccc(S(=O)(=O)N2CC[NH+]([C@H](C(=O)N(C)C)c3ccccc3)CC2)c(C)c1. The summed E-state index contributed by atoms with van der Waals surface area (Å²) < 4.78 is 27.9. The molecule has 1 saturated heterocycles. The van der Waals surface area contributed by atoms with Crippen molar-refractivity contribution in [2.75, 3.05) is 40.3 Å². The van der Waals surface area contributed by atoms with E-state index in [0.29, 0.717) is 31.1 Å². The fourth-order valence-corrected chi connectivity index (χ4v) is 5.63. The highest BCUT2D eigenvalue weighted by Gasteiger charge is 2.38. The van der Waals surface area contributed by atoms with Crippen molar-refractivity contribution in [3.05, 3.63) is 65.2 Å². The summed E-state index contributed by atoms with van der Waals surface area (Å²) in [4.78, 5) is 16.0. The quantitative estimate of drug-likeness (QED) is 0.792. The van der Waals surface area contributed by atoms with Gasteiger partial charge in [-0.1, -0.05) is 48.0 Å². The number of hydrogen-bond acceptors (Lipinski definition) is 3. The molecule has 1 atom stereocenters. The van der Waals surface area contributed by atoms with Gasteiger partial charge in [-0.25, -0.2) is 8.42 Å². The first kappa shape index (κ1) is 21.5. The first-order valence-corrected chi connectivity index (χ1v) is 11.3. The largest absolute Gasteiger partial charge is 0.343 e. The molecule has 0 aliphatic carbocycles. The van der Waals surface area contributed by atoms with Crippen LogP contribution in [0.3, 0.4) is 0 Å². The number of benzene rings is 2. The van der Waals surface area contributed by atoms with Crippen LogP contribution in [-0.2, 0) is 14.8 Å². The molecule has 1 aliphatic rings. The molecule has 6 nitrogen and oxygen atoms in total. The lowest BCUT2D eigenvalue weighted by Crippen LogP contribution is -3.16. The van der Waals surface area contributed by atoms with Crippen LogP contribution < -0.4 is 4.90 Å². The van der Waals surface area contributed by atoms with Gasteiger partial charge in [0, 0.05) is 19.7 Å². The topological polar surface area (TPSA) is 62.1 Å². The lowest BCUT2D eigenvalue weighted by atomic mass is 10.0. The Balaban J connectivity index is 1.80. The Hall–Kier alpha value is -2.22. The normalized spacial score (nSPS) is 17.1. The van der Waals surface area contributed by atoms with E-state index in [2.05, 4.69) is 0 Å². The maximum Gasteiger partial charge on any atom is 0.285 e. The second-order valence-corrected chi connectivity index (χ2v) is 9.81. The van der Waals surface area contributed by atoms with E-state index in [1.54, 1.807) is 29.4 Å². The number of piperazine rings is 1. The van der Waals surface area contributed by atoms with Crippen LogP contribution in [0.5, 0.6) is 0 Å². The lowest BCUT2D eigenvalue weighted by Gasteiger charge is -2.36.